The van der Waals surface area contributed by atoms with Crippen LogP contribution in [0.1, 0.15) is 12.8 Å². The van der Waals surface area contributed by atoms with E-state index in [9.17, 15) is 0 Å². The number of para-hydroxylation sites is 1. The van der Waals surface area contributed by atoms with Gasteiger partial charge in [-0.05, 0) is 25.0 Å². The third-order valence-electron chi connectivity index (χ3n) is 2.68. The van der Waals surface area contributed by atoms with E-state index in [4.69, 9.17) is 0 Å². The van der Waals surface area contributed by atoms with Crippen LogP contribution in [0.15, 0.2) is 24.3 Å². The second-order valence-electron chi connectivity index (χ2n) is 3.91. The maximum Gasteiger partial charge on any atom is 0.156 e. The van der Waals surface area contributed by atoms with Gasteiger partial charge in [-0.3, -0.25) is 4.68 Å². The standard InChI is InChI=1S/C11H13N3/c1-14-10-5-3-2-4-9(10)11(13-14)12-8-6-7-8/h2-5,8H,6-7H2,1H3,(H,12,13). The van der Waals surface area contributed by atoms with Gasteiger partial charge in [0.2, 0.25) is 0 Å². The molecule has 1 N–H and O–H groups in total. The fraction of sp³-hybridized carbons (Fsp3) is 0.364. The average Bonchev–Trinajstić information content (AvgIpc) is 2.95. The second-order valence-corrected chi connectivity index (χ2v) is 3.91. The Hall–Kier alpha value is -1.51. The third-order valence-corrected chi connectivity index (χ3v) is 2.68. The summed E-state index contributed by atoms with van der Waals surface area (Å²) in [5.41, 5.74) is 1.19. The maximum atomic E-state index is 4.48. The number of hydrogen-bond donors (Lipinski definition) is 1. The van der Waals surface area contributed by atoms with Crippen molar-refractivity contribution in [2.75, 3.05) is 5.32 Å². The van der Waals surface area contributed by atoms with Gasteiger partial charge in [-0.2, -0.15) is 5.10 Å². The molecule has 1 aliphatic carbocycles. The Morgan fingerprint density at radius 2 is 2.14 bits per heavy atom. The maximum absolute atomic E-state index is 4.48. The number of anilines is 1. The predicted molar refractivity (Wildman–Crippen MR) is 57.4 cm³/mol. The van der Waals surface area contributed by atoms with Gasteiger partial charge in [-0.1, -0.05) is 12.1 Å². The highest BCUT2D eigenvalue weighted by Gasteiger charge is 2.22. The molecule has 0 aliphatic heterocycles. The number of benzene rings is 1. The fourth-order valence-corrected chi connectivity index (χ4v) is 1.74. The van der Waals surface area contributed by atoms with Gasteiger partial charge in [0.25, 0.3) is 0 Å². The zero-order valence-electron chi connectivity index (χ0n) is 8.20. The topological polar surface area (TPSA) is 29.9 Å². The lowest BCUT2D eigenvalue weighted by Gasteiger charge is -1.98. The zero-order valence-corrected chi connectivity index (χ0v) is 8.20. The first kappa shape index (κ1) is 7.85. The molecule has 0 atom stereocenters. The Morgan fingerprint density at radius 1 is 1.36 bits per heavy atom. The predicted octanol–water partition coefficient (Wildman–Crippen LogP) is 2.15. The molecular weight excluding hydrogens is 174 g/mol. The van der Waals surface area contributed by atoms with Crippen LogP contribution in [0.2, 0.25) is 0 Å². The molecule has 72 valence electrons. The number of hydrogen-bond acceptors (Lipinski definition) is 2. The van der Waals surface area contributed by atoms with Gasteiger partial charge in [-0.15, -0.1) is 0 Å². The molecule has 0 spiro atoms. The third kappa shape index (κ3) is 1.16. The van der Waals surface area contributed by atoms with E-state index in [1.165, 1.54) is 23.7 Å². The summed E-state index contributed by atoms with van der Waals surface area (Å²) in [5.74, 6) is 1.03. The monoisotopic (exact) mass is 187 g/mol. The van der Waals surface area contributed by atoms with Gasteiger partial charge in [0, 0.05) is 18.5 Å². The summed E-state index contributed by atoms with van der Waals surface area (Å²) in [4.78, 5) is 0. The van der Waals surface area contributed by atoms with Crippen LogP contribution in [0.4, 0.5) is 5.82 Å². The summed E-state index contributed by atoms with van der Waals surface area (Å²) < 4.78 is 1.93. The lowest BCUT2D eigenvalue weighted by atomic mass is 10.2. The van der Waals surface area contributed by atoms with E-state index in [1.54, 1.807) is 0 Å². The molecule has 1 heterocycles. The largest absolute Gasteiger partial charge is 0.365 e. The van der Waals surface area contributed by atoms with Gasteiger partial charge in [0.05, 0.1) is 5.52 Å². The molecule has 14 heavy (non-hydrogen) atoms. The van der Waals surface area contributed by atoms with Crippen molar-refractivity contribution in [3.05, 3.63) is 24.3 Å². The minimum absolute atomic E-state index is 0.660. The average molecular weight is 187 g/mol. The van der Waals surface area contributed by atoms with Gasteiger partial charge in [0.1, 0.15) is 0 Å². The molecule has 3 rings (SSSR count). The highest BCUT2D eigenvalue weighted by Crippen LogP contribution is 2.28. The number of fused-ring (bicyclic) bond motifs is 1. The van der Waals surface area contributed by atoms with Crippen LogP contribution in [-0.2, 0) is 7.05 Å². The van der Waals surface area contributed by atoms with Crippen molar-refractivity contribution in [2.45, 2.75) is 18.9 Å². The molecular formula is C11H13N3. The molecule has 0 radical (unpaired) electrons. The first-order chi connectivity index (χ1) is 6.84. The number of aromatic nitrogens is 2. The molecule has 2 aromatic rings. The molecule has 0 saturated heterocycles. The van der Waals surface area contributed by atoms with E-state index in [0.29, 0.717) is 6.04 Å². The molecule has 3 heteroatoms. The van der Waals surface area contributed by atoms with Gasteiger partial charge < -0.3 is 5.32 Å². The number of nitrogens with one attached hydrogen (secondary N) is 1. The Kier molecular flexibility index (Phi) is 1.54. The first-order valence-electron chi connectivity index (χ1n) is 5.03. The van der Waals surface area contributed by atoms with Crippen molar-refractivity contribution in [2.24, 2.45) is 7.05 Å². The molecule has 1 aromatic heterocycles. The zero-order chi connectivity index (χ0) is 9.54. The summed E-state index contributed by atoms with van der Waals surface area (Å²) in [7, 11) is 1.99. The van der Waals surface area contributed by atoms with Crippen molar-refractivity contribution in [1.29, 1.82) is 0 Å². The normalized spacial score (nSPS) is 16.1. The molecule has 0 unspecified atom stereocenters. The van der Waals surface area contributed by atoms with E-state index in [2.05, 4.69) is 28.6 Å². The van der Waals surface area contributed by atoms with E-state index in [0.717, 1.165) is 5.82 Å². The minimum atomic E-state index is 0.660. The van der Waals surface area contributed by atoms with Crippen LogP contribution in [0.3, 0.4) is 0 Å². The van der Waals surface area contributed by atoms with Crippen molar-refractivity contribution in [3.8, 4) is 0 Å². The summed E-state index contributed by atoms with van der Waals surface area (Å²) in [6, 6.07) is 8.98. The van der Waals surface area contributed by atoms with Crippen molar-refractivity contribution >= 4 is 16.7 Å². The molecule has 0 amide bonds. The number of aryl methyl sites for hydroxylation is 1. The van der Waals surface area contributed by atoms with E-state index >= 15 is 0 Å². The van der Waals surface area contributed by atoms with Crippen LogP contribution < -0.4 is 5.32 Å². The molecule has 1 aromatic carbocycles. The van der Waals surface area contributed by atoms with Crippen molar-refractivity contribution < 1.29 is 0 Å². The number of nitrogens with zero attached hydrogens (tertiary/aromatic N) is 2. The smallest absolute Gasteiger partial charge is 0.156 e. The first-order valence-corrected chi connectivity index (χ1v) is 5.03. The summed E-state index contributed by atoms with van der Waals surface area (Å²) in [6.07, 6.45) is 2.57. The Balaban J connectivity index is 2.12. The molecule has 0 bridgehead atoms. The summed E-state index contributed by atoms with van der Waals surface area (Å²) in [6.45, 7) is 0. The molecule has 1 saturated carbocycles. The lowest BCUT2D eigenvalue weighted by molar-refractivity contribution is 0.796. The Bertz CT molecular complexity index is 468. The van der Waals surface area contributed by atoms with E-state index in [-0.39, 0.29) is 0 Å². The molecule has 3 nitrogen and oxygen atoms in total. The van der Waals surface area contributed by atoms with Gasteiger partial charge >= 0.3 is 0 Å². The fourth-order valence-electron chi connectivity index (χ4n) is 1.74. The quantitative estimate of drug-likeness (QED) is 0.780. The lowest BCUT2D eigenvalue weighted by Crippen LogP contribution is -2.02. The van der Waals surface area contributed by atoms with E-state index in [1.807, 2.05) is 17.8 Å². The minimum Gasteiger partial charge on any atom is -0.365 e. The van der Waals surface area contributed by atoms with Crippen LogP contribution in [0, 0.1) is 0 Å². The summed E-state index contributed by atoms with van der Waals surface area (Å²) >= 11 is 0. The van der Waals surface area contributed by atoms with Crippen LogP contribution in [0.25, 0.3) is 10.9 Å². The van der Waals surface area contributed by atoms with Crippen LogP contribution in [0.5, 0.6) is 0 Å². The highest BCUT2D eigenvalue weighted by molar-refractivity contribution is 5.90. The van der Waals surface area contributed by atoms with Crippen molar-refractivity contribution in [3.63, 3.8) is 0 Å². The number of rotatable bonds is 2. The molecule has 1 fully saturated rings. The van der Waals surface area contributed by atoms with Gasteiger partial charge in [0.15, 0.2) is 5.82 Å². The Labute approximate surface area is 82.7 Å². The van der Waals surface area contributed by atoms with Crippen LogP contribution in [-0.4, -0.2) is 15.8 Å². The SMILES string of the molecule is Cn1nc(NC2CC2)c2ccccc21. The summed E-state index contributed by atoms with van der Waals surface area (Å²) in [5, 5.41) is 9.15. The van der Waals surface area contributed by atoms with Crippen LogP contribution >= 0.6 is 0 Å². The Morgan fingerprint density at radius 3 is 2.93 bits per heavy atom. The second kappa shape index (κ2) is 2.74. The van der Waals surface area contributed by atoms with Gasteiger partial charge in [-0.25, -0.2) is 0 Å². The van der Waals surface area contributed by atoms with E-state index < -0.39 is 0 Å². The highest BCUT2D eigenvalue weighted by atomic mass is 15.3. The van der Waals surface area contributed by atoms with Crippen molar-refractivity contribution in [1.82, 2.24) is 9.78 Å². The molecule has 1 aliphatic rings.